The van der Waals surface area contributed by atoms with Crippen molar-refractivity contribution in [2.75, 3.05) is 0 Å². The summed E-state index contributed by atoms with van der Waals surface area (Å²) in [5, 5.41) is 0. The SMILES string of the molecule is CCc1c2c(n(S(=O)(=O)c3ccc(C)cc3)c1OC(C)=O)CCCC2OC(C)=O. The fourth-order valence-corrected chi connectivity index (χ4v) is 5.36. The van der Waals surface area contributed by atoms with E-state index in [1.807, 2.05) is 13.8 Å². The zero-order valence-corrected chi connectivity index (χ0v) is 17.8. The van der Waals surface area contributed by atoms with E-state index in [2.05, 4.69) is 0 Å². The van der Waals surface area contributed by atoms with Crippen LogP contribution in [-0.2, 0) is 37.2 Å². The standard InChI is InChI=1S/C21H25NO6S/c1-5-17-20-18(7-6-8-19(20)27-14(3)23)22(21(17)28-15(4)24)29(25,26)16-11-9-13(2)10-12-16/h9-12,19H,5-8H2,1-4H3. The molecule has 0 saturated carbocycles. The smallest absolute Gasteiger partial charge is 0.309 e. The highest BCUT2D eigenvalue weighted by Crippen LogP contribution is 2.43. The van der Waals surface area contributed by atoms with Crippen molar-refractivity contribution in [2.45, 2.75) is 64.4 Å². The van der Waals surface area contributed by atoms with E-state index in [0.29, 0.717) is 42.5 Å². The summed E-state index contributed by atoms with van der Waals surface area (Å²) in [6, 6.07) is 6.51. The molecule has 1 aromatic heterocycles. The maximum absolute atomic E-state index is 13.5. The molecule has 1 unspecified atom stereocenters. The highest BCUT2D eigenvalue weighted by Gasteiger charge is 2.37. The number of rotatable bonds is 5. The number of aryl methyl sites for hydroxylation is 1. The largest absolute Gasteiger partial charge is 0.458 e. The van der Waals surface area contributed by atoms with Crippen molar-refractivity contribution in [3.05, 3.63) is 46.6 Å². The second kappa shape index (κ2) is 8.02. The van der Waals surface area contributed by atoms with Crippen LogP contribution in [-0.4, -0.2) is 24.3 Å². The Kier molecular flexibility index (Phi) is 5.84. The number of aromatic nitrogens is 1. The molecular formula is C21H25NO6S. The van der Waals surface area contributed by atoms with Gasteiger partial charge in [-0.2, -0.15) is 0 Å². The van der Waals surface area contributed by atoms with Crippen LogP contribution in [0.1, 0.15) is 62.1 Å². The van der Waals surface area contributed by atoms with E-state index in [1.54, 1.807) is 12.1 Å². The number of hydrogen-bond donors (Lipinski definition) is 0. The molecule has 29 heavy (non-hydrogen) atoms. The van der Waals surface area contributed by atoms with Gasteiger partial charge in [-0.3, -0.25) is 9.59 Å². The summed E-state index contributed by atoms with van der Waals surface area (Å²) in [7, 11) is -4.02. The van der Waals surface area contributed by atoms with Gasteiger partial charge < -0.3 is 9.47 Å². The minimum atomic E-state index is -4.02. The van der Waals surface area contributed by atoms with E-state index in [4.69, 9.17) is 9.47 Å². The summed E-state index contributed by atoms with van der Waals surface area (Å²) in [5.74, 6) is -1.06. The molecule has 1 aliphatic carbocycles. The number of carbonyl (C=O) groups excluding carboxylic acids is 2. The van der Waals surface area contributed by atoms with E-state index >= 15 is 0 Å². The molecule has 0 aliphatic heterocycles. The first-order valence-corrected chi connectivity index (χ1v) is 11.0. The van der Waals surface area contributed by atoms with Gasteiger partial charge in [0.25, 0.3) is 10.0 Å². The third-order valence-electron chi connectivity index (χ3n) is 4.99. The molecule has 7 nitrogen and oxygen atoms in total. The van der Waals surface area contributed by atoms with Crippen LogP contribution >= 0.6 is 0 Å². The number of fused-ring (bicyclic) bond motifs is 1. The fourth-order valence-electron chi connectivity index (χ4n) is 3.83. The van der Waals surface area contributed by atoms with Crippen LogP contribution in [0.4, 0.5) is 0 Å². The van der Waals surface area contributed by atoms with Gasteiger partial charge in [0.1, 0.15) is 6.10 Å². The first-order valence-electron chi connectivity index (χ1n) is 9.61. The van der Waals surface area contributed by atoms with Crippen molar-refractivity contribution in [1.29, 1.82) is 0 Å². The van der Waals surface area contributed by atoms with Gasteiger partial charge in [0.2, 0.25) is 5.88 Å². The van der Waals surface area contributed by atoms with Gasteiger partial charge in [0.05, 0.1) is 4.90 Å². The number of esters is 2. The van der Waals surface area contributed by atoms with Gasteiger partial charge in [-0.15, -0.1) is 0 Å². The lowest BCUT2D eigenvalue weighted by Crippen LogP contribution is -2.21. The van der Waals surface area contributed by atoms with Gasteiger partial charge in [-0.25, -0.2) is 12.4 Å². The van der Waals surface area contributed by atoms with Crippen molar-refractivity contribution in [3.8, 4) is 5.88 Å². The first-order chi connectivity index (χ1) is 13.7. The molecule has 1 aliphatic rings. The molecule has 0 amide bonds. The second-order valence-electron chi connectivity index (χ2n) is 7.16. The lowest BCUT2D eigenvalue weighted by atomic mass is 9.91. The topological polar surface area (TPSA) is 91.7 Å². The molecule has 1 aromatic carbocycles. The van der Waals surface area contributed by atoms with Gasteiger partial charge in [0, 0.05) is 30.7 Å². The predicted octanol–water partition coefficient (Wildman–Crippen LogP) is 3.46. The molecule has 0 N–H and O–H groups in total. The summed E-state index contributed by atoms with van der Waals surface area (Å²) in [6.07, 6.45) is 1.59. The average Bonchev–Trinajstić information content (AvgIpc) is 2.95. The fraction of sp³-hybridized carbons (Fsp3) is 0.429. The molecule has 2 aromatic rings. The van der Waals surface area contributed by atoms with Crippen molar-refractivity contribution in [3.63, 3.8) is 0 Å². The second-order valence-corrected chi connectivity index (χ2v) is 8.95. The number of hydrogen-bond acceptors (Lipinski definition) is 6. The van der Waals surface area contributed by atoms with Crippen LogP contribution in [0.2, 0.25) is 0 Å². The Hall–Kier alpha value is -2.61. The minimum Gasteiger partial charge on any atom is -0.458 e. The summed E-state index contributed by atoms with van der Waals surface area (Å²) in [6.45, 7) is 6.28. The Morgan fingerprint density at radius 2 is 1.79 bits per heavy atom. The number of benzene rings is 1. The Morgan fingerprint density at radius 1 is 1.14 bits per heavy atom. The number of ether oxygens (including phenoxy) is 2. The maximum Gasteiger partial charge on any atom is 0.309 e. The zero-order chi connectivity index (χ0) is 21.3. The summed E-state index contributed by atoms with van der Waals surface area (Å²) in [4.78, 5) is 23.5. The lowest BCUT2D eigenvalue weighted by Gasteiger charge is -2.24. The molecule has 1 heterocycles. The van der Waals surface area contributed by atoms with Crippen molar-refractivity contribution in [2.24, 2.45) is 0 Å². The zero-order valence-electron chi connectivity index (χ0n) is 17.0. The highest BCUT2D eigenvalue weighted by molar-refractivity contribution is 7.90. The third kappa shape index (κ3) is 3.94. The minimum absolute atomic E-state index is 0.00960. The molecule has 0 spiro atoms. The molecule has 156 valence electrons. The Morgan fingerprint density at radius 3 is 2.34 bits per heavy atom. The van der Waals surface area contributed by atoms with Crippen molar-refractivity contribution in [1.82, 2.24) is 3.97 Å². The summed E-state index contributed by atoms with van der Waals surface area (Å²) < 4.78 is 39.1. The molecule has 0 fully saturated rings. The van der Waals surface area contributed by atoms with Gasteiger partial charge >= 0.3 is 11.9 Å². The van der Waals surface area contributed by atoms with Crippen LogP contribution in [0.25, 0.3) is 0 Å². The van der Waals surface area contributed by atoms with Crippen molar-refractivity contribution < 1.29 is 27.5 Å². The normalized spacial score (nSPS) is 16.2. The summed E-state index contributed by atoms with van der Waals surface area (Å²) in [5.41, 5.74) is 2.66. The van der Waals surface area contributed by atoms with E-state index in [1.165, 1.54) is 26.0 Å². The first kappa shape index (κ1) is 21.1. The monoisotopic (exact) mass is 419 g/mol. The summed E-state index contributed by atoms with van der Waals surface area (Å²) >= 11 is 0. The highest BCUT2D eigenvalue weighted by atomic mass is 32.2. The Bertz CT molecular complexity index is 1050. The molecule has 1 atom stereocenters. The van der Waals surface area contributed by atoms with Crippen LogP contribution < -0.4 is 4.74 Å². The quantitative estimate of drug-likeness (QED) is 0.689. The van der Waals surface area contributed by atoms with E-state index < -0.39 is 28.1 Å². The molecular weight excluding hydrogens is 394 g/mol. The van der Waals surface area contributed by atoms with Crippen LogP contribution in [0.3, 0.4) is 0 Å². The van der Waals surface area contributed by atoms with Crippen LogP contribution in [0.15, 0.2) is 29.2 Å². The van der Waals surface area contributed by atoms with Crippen molar-refractivity contribution >= 4 is 22.0 Å². The van der Waals surface area contributed by atoms with Crippen LogP contribution in [0.5, 0.6) is 5.88 Å². The number of nitrogens with zero attached hydrogens (tertiary/aromatic N) is 1. The number of carbonyl (C=O) groups is 2. The van der Waals surface area contributed by atoms with Gasteiger partial charge in [-0.05, 0) is 44.7 Å². The van der Waals surface area contributed by atoms with Crippen LogP contribution in [0, 0.1) is 6.92 Å². The van der Waals surface area contributed by atoms with Gasteiger partial charge in [-0.1, -0.05) is 24.6 Å². The lowest BCUT2D eigenvalue weighted by molar-refractivity contribution is -0.147. The molecule has 8 heteroatoms. The third-order valence-corrected chi connectivity index (χ3v) is 6.72. The molecule has 0 bridgehead atoms. The molecule has 0 saturated heterocycles. The van der Waals surface area contributed by atoms with E-state index in [0.717, 1.165) is 9.54 Å². The van der Waals surface area contributed by atoms with E-state index in [9.17, 15) is 18.0 Å². The van der Waals surface area contributed by atoms with Gasteiger partial charge in [0.15, 0.2) is 0 Å². The van der Waals surface area contributed by atoms with E-state index in [-0.39, 0.29) is 10.8 Å². The Labute approximate surface area is 170 Å². The predicted molar refractivity (Wildman–Crippen MR) is 106 cm³/mol. The molecule has 0 radical (unpaired) electrons. The average molecular weight is 419 g/mol. The molecule has 3 rings (SSSR count). The Balaban J connectivity index is 2.30. The maximum atomic E-state index is 13.5.